The highest BCUT2D eigenvalue weighted by molar-refractivity contribution is 7.32. The minimum absolute atomic E-state index is 0.0122. The molecule has 6 rings (SSSR count). The number of primary amides is 2. The zero-order chi connectivity index (χ0) is 64.1. The number of ether oxygens (including phenoxy) is 13. The van der Waals surface area contributed by atoms with Gasteiger partial charge in [0.2, 0.25) is 17.7 Å². The van der Waals surface area contributed by atoms with E-state index in [0.29, 0.717) is 0 Å². The van der Waals surface area contributed by atoms with Crippen molar-refractivity contribution in [1.82, 2.24) is 16.0 Å². The molecular formula is C53H82N5O27P. The van der Waals surface area contributed by atoms with Gasteiger partial charge >= 0.3 is 32.3 Å². The van der Waals surface area contributed by atoms with Crippen molar-refractivity contribution in [1.29, 1.82) is 0 Å². The summed E-state index contributed by atoms with van der Waals surface area (Å²) in [5.74, 6) is -10.2. The molecule has 0 spiro atoms. The number of nitrogens with one attached hydrogen (secondary N) is 3. The number of hydrogen-bond acceptors (Lipinski definition) is 26. The average molecular weight is 1250 g/mol. The van der Waals surface area contributed by atoms with Crippen LogP contribution in [0, 0.1) is 35.5 Å². The van der Waals surface area contributed by atoms with E-state index in [4.69, 9.17) is 77.6 Å². The fourth-order valence-corrected chi connectivity index (χ4v) is 12.1. The van der Waals surface area contributed by atoms with Crippen LogP contribution in [0.4, 0.5) is 4.79 Å². The topological polar surface area (TPSA) is 449 Å². The first kappa shape index (κ1) is 69.6. The number of carbonyl (C=O) groups is 9. The number of ketones is 1. The Bertz CT molecular complexity index is 2570. The highest BCUT2D eigenvalue weighted by Gasteiger charge is 2.61. The van der Waals surface area contributed by atoms with E-state index in [2.05, 4.69) is 16.0 Å². The molecule has 0 radical (unpaired) electrons. The number of carbonyl (C=O) groups excluding carboxylic acids is 9. The van der Waals surface area contributed by atoms with Crippen LogP contribution >= 0.6 is 8.25 Å². The summed E-state index contributed by atoms with van der Waals surface area (Å²) in [5, 5.41) is 30.2. The van der Waals surface area contributed by atoms with Crippen LogP contribution in [0.5, 0.6) is 0 Å². The maximum atomic E-state index is 13.9. The van der Waals surface area contributed by atoms with Crippen LogP contribution in [0.25, 0.3) is 0 Å². The molecule has 5 aliphatic heterocycles. The molecule has 486 valence electrons. The molecule has 5 amide bonds. The molecule has 1 aliphatic carbocycles. The van der Waals surface area contributed by atoms with Crippen LogP contribution in [0.1, 0.15) is 103 Å². The number of allylic oxidation sites excluding steroid dienone is 2. The molecule has 10 N–H and O–H groups in total. The second-order valence-corrected chi connectivity index (χ2v) is 23.7. The van der Waals surface area contributed by atoms with Crippen molar-refractivity contribution in [2.24, 2.45) is 47.0 Å². The molecule has 0 aromatic heterocycles. The monoisotopic (exact) mass is 1250 g/mol. The van der Waals surface area contributed by atoms with Crippen LogP contribution < -0.4 is 27.4 Å². The average Bonchev–Trinajstić information content (AvgIpc) is 0.972. The highest BCUT2D eigenvalue weighted by atomic mass is 31.1. The van der Waals surface area contributed by atoms with Gasteiger partial charge in [-0.3, -0.25) is 47.4 Å². The Labute approximate surface area is 496 Å². The smallest absolute Gasteiger partial charge is 0.404 e. The quantitative estimate of drug-likeness (QED) is 0.0404. The summed E-state index contributed by atoms with van der Waals surface area (Å²) in [6.07, 6.45) is -25.4. The maximum Gasteiger partial charge on any atom is 0.404 e. The van der Waals surface area contributed by atoms with Crippen LogP contribution in [0.2, 0.25) is 0 Å². The summed E-state index contributed by atoms with van der Waals surface area (Å²) in [5.41, 5.74) is 8.12. The summed E-state index contributed by atoms with van der Waals surface area (Å²) in [6, 6.07) is -2.55. The van der Waals surface area contributed by atoms with Crippen LogP contribution in [0.3, 0.4) is 0 Å². The first-order valence-electron chi connectivity index (χ1n) is 28.1. The number of rotatable bonds is 21. The molecule has 5 heterocycles. The molecule has 32 nitrogen and oxygen atoms in total. The Morgan fingerprint density at radius 1 is 0.616 bits per heavy atom. The fourth-order valence-electron chi connectivity index (χ4n) is 11.7. The third-order valence-electron chi connectivity index (χ3n) is 16.5. The molecule has 11 unspecified atom stereocenters. The van der Waals surface area contributed by atoms with Crippen LogP contribution in [-0.2, 0) is 109 Å². The van der Waals surface area contributed by atoms with Crippen molar-refractivity contribution in [3.63, 3.8) is 0 Å². The zero-order valence-corrected chi connectivity index (χ0v) is 51.0. The van der Waals surface area contributed by atoms with E-state index in [9.17, 15) is 62.8 Å². The van der Waals surface area contributed by atoms with E-state index in [0.717, 1.165) is 13.8 Å². The van der Waals surface area contributed by atoms with Crippen molar-refractivity contribution in [3.8, 4) is 0 Å². The SMILES string of the molecule is CC(=O)NC1[C@H](O[C@@H]2C(CO[C@@H]3OC(COC(C)=O)[C@@H](C)[C@H](C)C3OC(C)=O)O[C@@H](OC3[C@@H](O[PH](=O)O)OC(C(N)=O)[C@@](C)(O)[C@@H]3OC(N)=O)C(NC(C)=O)[C@H]2C)OC(C)[C@@H](O[C@@H]2OC(C(=O)NC3=C(O)CCC3=O)[C@H](C)[C@H](C)C2OC(C)=O)[C@@H]1C. The largest absolute Gasteiger partial charge is 0.510 e. The van der Waals surface area contributed by atoms with E-state index in [-0.39, 0.29) is 36.8 Å². The van der Waals surface area contributed by atoms with E-state index in [1.165, 1.54) is 27.7 Å². The maximum absolute atomic E-state index is 13.9. The first-order valence-corrected chi connectivity index (χ1v) is 29.4. The van der Waals surface area contributed by atoms with Gasteiger partial charge in [-0.1, -0.05) is 41.5 Å². The molecule has 5 fully saturated rings. The normalized spacial score (nSPS) is 40.3. The molecule has 26 atom stereocenters. The lowest BCUT2D eigenvalue weighted by atomic mass is 9.82. The molecule has 0 aromatic carbocycles. The van der Waals surface area contributed by atoms with E-state index in [1.54, 1.807) is 48.5 Å². The Kier molecular flexibility index (Phi) is 23.7. The number of esters is 3. The lowest BCUT2D eigenvalue weighted by molar-refractivity contribution is -0.367. The van der Waals surface area contributed by atoms with Gasteiger partial charge in [0.15, 0.2) is 67.8 Å². The number of aliphatic hydroxyl groups excluding tert-OH is 1. The third-order valence-corrected chi connectivity index (χ3v) is 17.0. The molecule has 0 saturated carbocycles. The Balaban J connectivity index is 1.39. The summed E-state index contributed by atoms with van der Waals surface area (Å²) in [7, 11) is -4.04. The predicted octanol–water partition coefficient (Wildman–Crippen LogP) is -0.597. The van der Waals surface area contributed by atoms with Crippen LogP contribution in [0.15, 0.2) is 11.5 Å². The number of amides is 5. The minimum atomic E-state index is -4.04. The Hall–Kier alpha value is -5.48. The van der Waals surface area contributed by atoms with E-state index < -0.39 is 214 Å². The van der Waals surface area contributed by atoms with E-state index in [1.807, 2.05) is 0 Å². The zero-order valence-electron chi connectivity index (χ0n) is 50.0. The van der Waals surface area contributed by atoms with Gasteiger partial charge < -0.3 is 104 Å². The number of aliphatic hydroxyl groups is 2. The van der Waals surface area contributed by atoms with E-state index >= 15 is 0 Å². The van der Waals surface area contributed by atoms with Gasteiger partial charge in [0.25, 0.3) is 5.91 Å². The molecule has 33 heteroatoms. The standard InChI is InChI=1S/C53H82N5O27P/c1-18-19(2)40(75-28(11)62)49(77-32(18)16-72-27(10)61)73-17-33-38(23(6)35(57-26(9)60)48(78-33)82-42-43(84-52(55)68)53(13,69)44(45(54)66)83-51(42)85-86(70)71)80-47-34(56-25(8)59)22(5)37(24(7)74-47)79-50-41(76-29(12)63)21(4)20(3)39(81-50)46(67)58-36-30(64)14-15-31(36)65/h18-24,32-35,37-44,47-51,64,69,86H,14-17H2,1-13H3,(H2,54,66)(H2,55,68)(H,56,59)(H,57,60)(H,58,67)(H,70,71)/t18-,19-,20+,21-,22+,23+,24?,32?,33?,34?,35?,37-,38-,39?,40?,41?,42?,43+,44?,47-,48-,49+,50+,51+,53-/m0/s1. The molecule has 86 heavy (non-hydrogen) atoms. The first-order chi connectivity index (χ1) is 40.1. The number of hydrogen-bond donors (Lipinski definition) is 8. The van der Waals surface area contributed by atoms with Gasteiger partial charge in [0, 0.05) is 71.1 Å². The second-order valence-electron chi connectivity index (χ2n) is 22.9. The van der Waals surface area contributed by atoms with Gasteiger partial charge in [-0.2, -0.15) is 0 Å². The van der Waals surface area contributed by atoms with Crippen molar-refractivity contribution in [2.75, 3.05) is 13.2 Å². The van der Waals surface area contributed by atoms with Crippen molar-refractivity contribution >= 4 is 61.7 Å². The Morgan fingerprint density at radius 3 is 1.67 bits per heavy atom. The molecule has 5 saturated heterocycles. The molecule has 0 aromatic rings. The predicted molar refractivity (Wildman–Crippen MR) is 286 cm³/mol. The lowest BCUT2D eigenvalue weighted by Crippen LogP contribution is -2.71. The summed E-state index contributed by atoms with van der Waals surface area (Å²) >= 11 is 0. The number of Topliss-reactive ketones (excluding diaryl/α,β-unsaturated/α-hetero) is 1. The van der Waals surface area contributed by atoms with Gasteiger partial charge in [-0.25, -0.2) is 4.79 Å². The number of nitrogens with two attached hydrogens (primary N) is 2. The molecular weight excluding hydrogens is 1170 g/mol. The summed E-state index contributed by atoms with van der Waals surface area (Å²) in [4.78, 5) is 125. The molecule has 6 aliphatic rings. The fraction of sp³-hybridized carbons (Fsp3) is 0.792. The molecule has 0 bridgehead atoms. The van der Waals surface area contributed by atoms with Crippen molar-refractivity contribution in [2.45, 2.75) is 219 Å². The minimum Gasteiger partial charge on any atom is -0.510 e. The van der Waals surface area contributed by atoms with Gasteiger partial charge in [-0.05, 0) is 25.7 Å². The van der Waals surface area contributed by atoms with Gasteiger partial charge in [0.1, 0.15) is 35.9 Å². The highest BCUT2D eigenvalue weighted by Crippen LogP contribution is 2.43. The Morgan fingerprint density at radius 2 is 1.15 bits per heavy atom. The van der Waals surface area contributed by atoms with Crippen molar-refractivity contribution < 1.29 is 129 Å². The summed E-state index contributed by atoms with van der Waals surface area (Å²) < 4.78 is 97.6. The van der Waals surface area contributed by atoms with Gasteiger partial charge in [0.05, 0.1) is 43.1 Å². The summed E-state index contributed by atoms with van der Waals surface area (Å²) in [6.45, 7) is 17.9. The second kappa shape index (κ2) is 29.2. The van der Waals surface area contributed by atoms with Crippen LogP contribution in [-0.4, -0.2) is 198 Å². The third kappa shape index (κ3) is 16.4. The van der Waals surface area contributed by atoms with Crippen molar-refractivity contribution in [3.05, 3.63) is 11.5 Å². The lowest BCUT2D eigenvalue weighted by Gasteiger charge is -2.52. The van der Waals surface area contributed by atoms with Gasteiger partial charge in [-0.15, -0.1) is 0 Å².